The number of aliphatic hydroxyl groups excluding tert-OH is 1. The standard InChI is InChI=1S/C10H11BrN2O/c1-13-10-6-7(11)2-3-8(10)9(12-13)4-5-14/h2-3,6,14H,4-5H2,1H3. The van der Waals surface area contributed by atoms with Gasteiger partial charge in [0.05, 0.1) is 11.2 Å². The molecule has 0 aliphatic carbocycles. The van der Waals surface area contributed by atoms with Crippen LogP contribution in [0, 0.1) is 0 Å². The normalized spacial score (nSPS) is 11.1. The van der Waals surface area contributed by atoms with E-state index in [2.05, 4.69) is 21.0 Å². The summed E-state index contributed by atoms with van der Waals surface area (Å²) in [5.74, 6) is 0. The predicted molar refractivity (Wildman–Crippen MR) is 59.2 cm³/mol. The second-order valence-corrected chi connectivity index (χ2v) is 4.12. The number of hydrogen-bond acceptors (Lipinski definition) is 2. The number of benzene rings is 1. The highest BCUT2D eigenvalue weighted by molar-refractivity contribution is 9.10. The first-order chi connectivity index (χ1) is 6.72. The summed E-state index contributed by atoms with van der Waals surface area (Å²) in [5.41, 5.74) is 2.04. The molecule has 0 aliphatic heterocycles. The molecule has 0 atom stereocenters. The molecule has 2 rings (SSSR count). The highest BCUT2D eigenvalue weighted by Gasteiger charge is 2.07. The van der Waals surface area contributed by atoms with Crippen LogP contribution in [0.3, 0.4) is 0 Å². The Balaban J connectivity index is 2.65. The minimum Gasteiger partial charge on any atom is -0.396 e. The number of aromatic nitrogens is 2. The molecule has 0 fully saturated rings. The van der Waals surface area contributed by atoms with Crippen molar-refractivity contribution in [2.75, 3.05) is 6.61 Å². The Labute approximate surface area is 90.5 Å². The van der Waals surface area contributed by atoms with E-state index in [0.29, 0.717) is 6.42 Å². The van der Waals surface area contributed by atoms with Gasteiger partial charge in [0, 0.05) is 29.9 Å². The lowest BCUT2D eigenvalue weighted by Gasteiger charge is -1.94. The molecule has 2 aromatic rings. The molecule has 1 aromatic carbocycles. The van der Waals surface area contributed by atoms with Gasteiger partial charge in [-0.1, -0.05) is 15.9 Å². The quantitative estimate of drug-likeness (QED) is 0.889. The molecule has 3 nitrogen and oxygen atoms in total. The van der Waals surface area contributed by atoms with Gasteiger partial charge in [-0.15, -0.1) is 0 Å². The van der Waals surface area contributed by atoms with Gasteiger partial charge in [0.1, 0.15) is 0 Å². The Morgan fingerprint density at radius 1 is 1.50 bits per heavy atom. The van der Waals surface area contributed by atoms with Crippen LogP contribution in [0.1, 0.15) is 5.69 Å². The summed E-state index contributed by atoms with van der Waals surface area (Å²) in [6.07, 6.45) is 0.610. The Morgan fingerprint density at radius 2 is 2.29 bits per heavy atom. The lowest BCUT2D eigenvalue weighted by atomic mass is 10.2. The Kier molecular flexibility index (Phi) is 2.56. The van der Waals surface area contributed by atoms with E-state index in [0.717, 1.165) is 21.1 Å². The number of nitrogens with zero attached hydrogens (tertiary/aromatic N) is 2. The van der Waals surface area contributed by atoms with Crippen molar-refractivity contribution in [2.24, 2.45) is 7.05 Å². The molecule has 74 valence electrons. The molecule has 0 bridgehead atoms. The minimum atomic E-state index is 0.141. The molecule has 0 saturated heterocycles. The second kappa shape index (κ2) is 3.71. The summed E-state index contributed by atoms with van der Waals surface area (Å²) in [5, 5.41) is 14.4. The zero-order valence-electron chi connectivity index (χ0n) is 7.87. The lowest BCUT2D eigenvalue weighted by molar-refractivity contribution is 0.298. The maximum atomic E-state index is 8.88. The van der Waals surface area contributed by atoms with Crippen LogP contribution in [0.25, 0.3) is 10.9 Å². The zero-order chi connectivity index (χ0) is 10.1. The van der Waals surface area contributed by atoms with Crippen molar-refractivity contribution in [3.63, 3.8) is 0 Å². The molecule has 0 radical (unpaired) electrons. The fourth-order valence-corrected chi connectivity index (χ4v) is 1.94. The van der Waals surface area contributed by atoms with Crippen LogP contribution in [0.15, 0.2) is 22.7 Å². The molecule has 1 heterocycles. The molecule has 14 heavy (non-hydrogen) atoms. The summed E-state index contributed by atoms with van der Waals surface area (Å²) in [7, 11) is 1.91. The molecule has 0 unspecified atom stereocenters. The Hall–Kier alpha value is -0.870. The third-order valence-electron chi connectivity index (χ3n) is 2.24. The van der Waals surface area contributed by atoms with Crippen LogP contribution in [0.4, 0.5) is 0 Å². The summed E-state index contributed by atoms with van der Waals surface area (Å²) < 4.78 is 2.88. The van der Waals surface area contributed by atoms with E-state index in [1.165, 1.54) is 0 Å². The molecular formula is C10H11BrN2O. The van der Waals surface area contributed by atoms with Crippen molar-refractivity contribution in [2.45, 2.75) is 6.42 Å². The Morgan fingerprint density at radius 3 is 3.00 bits per heavy atom. The molecule has 1 N–H and O–H groups in total. The van der Waals surface area contributed by atoms with Crippen LogP contribution in [0.5, 0.6) is 0 Å². The Bertz CT molecular complexity index is 464. The summed E-state index contributed by atoms with van der Waals surface area (Å²) >= 11 is 3.42. The molecule has 4 heteroatoms. The van der Waals surface area contributed by atoms with E-state index in [4.69, 9.17) is 5.11 Å². The summed E-state index contributed by atoms with van der Waals surface area (Å²) in [4.78, 5) is 0. The maximum Gasteiger partial charge on any atom is 0.0726 e. The van der Waals surface area contributed by atoms with Crippen molar-refractivity contribution in [1.29, 1.82) is 0 Å². The lowest BCUT2D eigenvalue weighted by Crippen LogP contribution is -1.94. The van der Waals surface area contributed by atoms with E-state index < -0.39 is 0 Å². The first-order valence-electron chi connectivity index (χ1n) is 4.44. The molecule has 0 aliphatic rings. The van der Waals surface area contributed by atoms with Gasteiger partial charge in [0.2, 0.25) is 0 Å². The first-order valence-corrected chi connectivity index (χ1v) is 5.23. The van der Waals surface area contributed by atoms with Crippen LogP contribution in [-0.2, 0) is 13.5 Å². The topological polar surface area (TPSA) is 38.0 Å². The van der Waals surface area contributed by atoms with Gasteiger partial charge < -0.3 is 5.11 Å². The number of halogens is 1. The van der Waals surface area contributed by atoms with Crippen molar-refractivity contribution in [1.82, 2.24) is 9.78 Å². The van der Waals surface area contributed by atoms with Gasteiger partial charge in [-0.3, -0.25) is 4.68 Å². The number of rotatable bonds is 2. The molecule has 0 amide bonds. The third kappa shape index (κ3) is 1.55. The number of aryl methyl sites for hydroxylation is 1. The van der Waals surface area contributed by atoms with Crippen LogP contribution in [0.2, 0.25) is 0 Å². The van der Waals surface area contributed by atoms with Gasteiger partial charge in [0.25, 0.3) is 0 Å². The van der Waals surface area contributed by atoms with Gasteiger partial charge in [0.15, 0.2) is 0 Å². The van der Waals surface area contributed by atoms with Gasteiger partial charge in [-0.2, -0.15) is 5.10 Å². The fourth-order valence-electron chi connectivity index (χ4n) is 1.60. The highest BCUT2D eigenvalue weighted by atomic mass is 79.9. The third-order valence-corrected chi connectivity index (χ3v) is 2.73. The van der Waals surface area contributed by atoms with E-state index in [1.807, 2.05) is 29.9 Å². The fraction of sp³-hybridized carbons (Fsp3) is 0.300. The average molecular weight is 255 g/mol. The maximum absolute atomic E-state index is 8.88. The predicted octanol–water partition coefficient (Wildman–Crippen LogP) is 1.87. The van der Waals surface area contributed by atoms with Crippen molar-refractivity contribution in [3.8, 4) is 0 Å². The molecule has 1 aromatic heterocycles. The molecule has 0 spiro atoms. The number of hydrogen-bond donors (Lipinski definition) is 1. The minimum absolute atomic E-state index is 0.141. The van der Waals surface area contributed by atoms with Gasteiger partial charge in [-0.25, -0.2) is 0 Å². The SMILES string of the molecule is Cn1nc(CCO)c2ccc(Br)cc21. The second-order valence-electron chi connectivity index (χ2n) is 3.21. The smallest absolute Gasteiger partial charge is 0.0726 e. The van der Waals surface area contributed by atoms with Crippen molar-refractivity contribution in [3.05, 3.63) is 28.4 Å². The monoisotopic (exact) mass is 254 g/mol. The van der Waals surface area contributed by atoms with Gasteiger partial charge in [-0.05, 0) is 18.2 Å². The van der Waals surface area contributed by atoms with E-state index in [-0.39, 0.29) is 6.61 Å². The van der Waals surface area contributed by atoms with Gasteiger partial charge >= 0.3 is 0 Å². The van der Waals surface area contributed by atoms with Crippen molar-refractivity contribution >= 4 is 26.8 Å². The average Bonchev–Trinajstić information content (AvgIpc) is 2.44. The van der Waals surface area contributed by atoms with Crippen molar-refractivity contribution < 1.29 is 5.11 Å². The van der Waals surface area contributed by atoms with E-state index in [1.54, 1.807) is 0 Å². The highest BCUT2D eigenvalue weighted by Crippen LogP contribution is 2.22. The van der Waals surface area contributed by atoms with E-state index in [9.17, 15) is 0 Å². The van der Waals surface area contributed by atoms with Crippen LogP contribution in [-0.4, -0.2) is 21.5 Å². The summed E-state index contributed by atoms with van der Waals surface area (Å²) in [6.45, 7) is 0.141. The first kappa shape index (κ1) is 9.68. The summed E-state index contributed by atoms with van der Waals surface area (Å²) in [6, 6.07) is 6.05. The molecule has 0 saturated carbocycles. The largest absolute Gasteiger partial charge is 0.396 e. The van der Waals surface area contributed by atoms with E-state index >= 15 is 0 Å². The molecular weight excluding hydrogens is 244 g/mol. The van der Waals surface area contributed by atoms with Crippen LogP contribution < -0.4 is 0 Å². The number of aliphatic hydroxyl groups is 1. The zero-order valence-corrected chi connectivity index (χ0v) is 9.45. The van der Waals surface area contributed by atoms with Crippen LogP contribution >= 0.6 is 15.9 Å². The number of fused-ring (bicyclic) bond motifs is 1.